The smallest absolute Gasteiger partial charge is 0.257 e. The van der Waals surface area contributed by atoms with Gasteiger partial charge in [0.1, 0.15) is 5.75 Å². The van der Waals surface area contributed by atoms with Gasteiger partial charge in [0.2, 0.25) is 0 Å². The van der Waals surface area contributed by atoms with Crippen LogP contribution < -0.4 is 10.1 Å². The van der Waals surface area contributed by atoms with Crippen molar-refractivity contribution in [2.75, 3.05) is 12.4 Å². The van der Waals surface area contributed by atoms with Gasteiger partial charge in [-0.15, -0.1) is 0 Å². The maximum atomic E-state index is 13.4. The zero-order valence-electron chi connectivity index (χ0n) is 13.3. The third-order valence-corrected chi connectivity index (χ3v) is 3.60. The highest BCUT2D eigenvalue weighted by molar-refractivity contribution is 6.04. The minimum atomic E-state index is -0.953. The molecule has 0 aliphatic rings. The molecule has 0 fully saturated rings. The summed E-state index contributed by atoms with van der Waals surface area (Å²) in [6.07, 6.45) is 2.89. The standard InChI is InChI=1S/C19H14F2N2O2/c1-25-16-5-3-15(4-6-16)23-19(24)14-8-13(10-22-11-14)12-2-7-17(20)18(21)9-12/h2-11H,1H3,(H,23,24). The number of ether oxygens (including phenoxy) is 1. The lowest BCUT2D eigenvalue weighted by Crippen LogP contribution is -2.12. The summed E-state index contributed by atoms with van der Waals surface area (Å²) in [7, 11) is 1.56. The molecule has 25 heavy (non-hydrogen) atoms. The summed E-state index contributed by atoms with van der Waals surface area (Å²) in [6.45, 7) is 0. The maximum Gasteiger partial charge on any atom is 0.257 e. The number of hydrogen-bond donors (Lipinski definition) is 1. The Hall–Kier alpha value is -3.28. The molecule has 0 radical (unpaired) electrons. The number of hydrogen-bond acceptors (Lipinski definition) is 3. The molecular weight excluding hydrogens is 326 g/mol. The molecule has 1 amide bonds. The van der Waals surface area contributed by atoms with E-state index in [-0.39, 0.29) is 5.91 Å². The Bertz CT molecular complexity index is 912. The summed E-state index contributed by atoms with van der Waals surface area (Å²) in [4.78, 5) is 16.4. The van der Waals surface area contributed by atoms with Crippen LogP contribution in [-0.2, 0) is 0 Å². The third-order valence-electron chi connectivity index (χ3n) is 3.60. The number of nitrogens with one attached hydrogen (secondary N) is 1. The van der Waals surface area contributed by atoms with Crippen molar-refractivity contribution in [3.05, 3.63) is 78.1 Å². The summed E-state index contributed by atoms with van der Waals surface area (Å²) in [6, 6.07) is 12.0. The molecule has 0 atom stereocenters. The Morgan fingerprint density at radius 2 is 1.72 bits per heavy atom. The van der Waals surface area contributed by atoms with E-state index in [1.165, 1.54) is 18.5 Å². The van der Waals surface area contributed by atoms with Crippen molar-refractivity contribution in [3.63, 3.8) is 0 Å². The lowest BCUT2D eigenvalue weighted by atomic mass is 10.1. The van der Waals surface area contributed by atoms with Crippen molar-refractivity contribution >= 4 is 11.6 Å². The molecule has 126 valence electrons. The van der Waals surface area contributed by atoms with Gasteiger partial charge in [-0.3, -0.25) is 9.78 Å². The largest absolute Gasteiger partial charge is 0.497 e. The monoisotopic (exact) mass is 340 g/mol. The minimum Gasteiger partial charge on any atom is -0.497 e. The highest BCUT2D eigenvalue weighted by atomic mass is 19.2. The number of nitrogens with zero attached hydrogens (tertiary/aromatic N) is 1. The Balaban J connectivity index is 1.82. The number of benzene rings is 2. The number of carbonyl (C=O) groups is 1. The first-order valence-corrected chi connectivity index (χ1v) is 7.42. The van der Waals surface area contributed by atoms with Gasteiger partial charge >= 0.3 is 0 Å². The summed E-state index contributed by atoms with van der Waals surface area (Å²) < 4.78 is 31.5. The second kappa shape index (κ2) is 7.09. The molecule has 0 saturated carbocycles. The van der Waals surface area contributed by atoms with Gasteiger partial charge in [-0.05, 0) is 48.0 Å². The normalized spacial score (nSPS) is 10.4. The Kier molecular flexibility index (Phi) is 4.70. The van der Waals surface area contributed by atoms with E-state index in [9.17, 15) is 13.6 Å². The van der Waals surface area contributed by atoms with Crippen LogP contribution in [0.4, 0.5) is 14.5 Å². The topological polar surface area (TPSA) is 51.2 Å². The van der Waals surface area contributed by atoms with Crippen LogP contribution in [0, 0.1) is 11.6 Å². The number of anilines is 1. The summed E-state index contributed by atoms with van der Waals surface area (Å²) in [5.41, 5.74) is 1.86. The fraction of sp³-hybridized carbons (Fsp3) is 0.0526. The summed E-state index contributed by atoms with van der Waals surface area (Å²) in [5.74, 6) is -1.56. The number of halogens is 2. The second-order valence-electron chi connectivity index (χ2n) is 5.27. The van der Waals surface area contributed by atoms with E-state index in [0.717, 1.165) is 12.1 Å². The molecule has 6 heteroatoms. The first-order valence-electron chi connectivity index (χ1n) is 7.42. The van der Waals surface area contributed by atoms with Crippen molar-refractivity contribution in [1.29, 1.82) is 0 Å². The van der Waals surface area contributed by atoms with Crippen molar-refractivity contribution in [2.45, 2.75) is 0 Å². The lowest BCUT2D eigenvalue weighted by Gasteiger charge is -2.08. The average Bonchev–Trinajstić information content (AvgIpc) is 2.64. The van der Waals surface area contributed by atoms with E-state index >= 15 is 0 Å². The molecule has 1 aromatic heterocycles. The summed E-state index contributed by atoms with van der Waals surface area (Å²) >= 11 is 0. The van der Waals surface area contributed by atoms with Crippen LogP contribution in [0.25, 0.3) is 11.1 Å². The zero-order chi connectivity index (χ0) is 17.8. The van der Waals surface area contributed by atoms with Crippen LogP contribution in [-0.4, -0.2) is 18.0 Å². The number of methoxy groups -OCH3 is 1. The van der Waals surface area contributed by atoms with E-state index in [4.69, 9.17) is 4.74 Å². The molecular formula is C19H14F2N2O2. The predicted molar refractivity (Wildman–Crippen MR) is 90.5 cm³/mol. The number of rotatable bonds is 4. The fourth-order valence-corrected chi connectivity index (χ4v) is 2.28. The van der Waals surface area contributed by atoms with E-state index in [1.807, 2.05) is 0 Å². The van der Waals surface area contributed by atoms with Gasteiger partial charge < -0.3 is 10.1 Å². The second-order valence-corrected chi connectivity index (χ2v) is 5.27. The lowest BCUT2D eigenvalue weighted by molar-refractivity contribution is 0.102. The van der Waals surface area contributed by atoms with Crippen molar-refractivity contribution < 1.29 is 18.3 Å². The molecule has 1 N–H and O–H groups in total. The predicted octanol–water partition coefficient (Wildman–Crippen LogP) is 4.29. The molecule has 2 aromatic carbocycles. The average molecular weight is 340 g/mol. The molecule has 0 aliphatic heterocycles. The molecule has 0 unspecified atom stereocenters. The SMILES string of the molecule is COc1ccc(NC(=O)c2cncc(-c3ccc(F)c(F)c3)c2)cc1. The van der Waals surface area contributed by atoms with Gasteiger partial charge in [0.15, 0.2) is 11.6 Å². The van der Waals surface area contributed by atoms with Crippen molar-refractivity contribution in [3.8, 4) is 16.9 Å². The van der Waals surface area contributed by atoms with E-state index in [2.05, 4.69) is 10.3 Å². The number of carbonyl (C=O) groups excluding carboxylic acids is 1. The molecule has 1 heterocycles. The van der Waals surface area contributed by atoms with Gasteiger partial charge in [0.25, 0.3) is 5.91 Å². The first kappa shape index (κ1) is 16.6. The number of aromatic nitrogens is 1. The highest BCUT2D eigenvalue weighted by Gasteiger charge is 2.10. The third kappa shape index (κ3) is 3.80. The Labute approximate surface area is 143 Å². The fourth-order valence-electron chi connectivity index (χ4n) is 2.28. The van der Waals surface area contributed by atoms with E-state index in [1.54, 1.807) is 37.4 Å². The number of amides is 1. The maximum absolute atomic E-state index is 13.4. The molecule has 3 aromatic rings. The zero-order valence-corrected chi connectivity index (χ0v) is 13.3. The van der Waals surface area contributed by atoms with Gasteiger partial charge in [-0.25, -0.2) is 8.78 Å². The van der Waals surface area contributed by atoms with E-state index < -0.39 is 11.6 Å². The van der Waals surface area contributed by atoms with Gasteiger partial charge in [0, 0.05) is 23.6 Å². The van der Waals surface area contributed by atoms with Crippen LogP contribution in [0.1, 0.15) is 10.4 Å². The molecule has 0 bridgehead atoms. The highest BCUT2D eigenvalue weighted by Crippen LogP contribution is 2.22. The Morgan fingerprint density at radius 3 is 2.40 bits per heavy atom. The van der Waals surface area contributed by atoms with Crippen LogP contribution in [0.15, 0.2) is 60.9 Å². The summed E-state index contributed by atoms with van der Waals surface area (Å²) in [5, 5.41) is 2.74. The molecule has 0 spiro atoms. The minimum absolute atomic E-state index is 0.304. The van der Waals surface area contributed by atoms with Crippen LogP contribution >= 0.6 is 0 Å². The van der Waals surface area contributed by atoms with Crippen molar-refractivity contribution in [1.82, 2.24) is 4.98 Å². The Morgan fingerprint density at radius 1 is 0.960 bits per heavy atom. The first-order chi connectivity index (χ1) is 12.1. The molecule has 0 aliphatic carbocycles. The quantitative estimate of drug-likeness (QED) is 0.771. The molecule has 0 saturated heterocycles. The van der Waals surface area contributed by atoms with Crippen LogP contribution in [0.2, 0.25) is 0 Å². The number of pyridine rings is 1. The van der Waals surface area contributed by atoms with Gasteiger partial charge in [0.05, 0.1) is 12.7 Å². The van der Waals surface area contributed by atoms with Gasteiger partial charge in [-0.1, -0.05) is 6.07 Å². The molecule has 3 rings (SSSR count). The van der Waals surface area contributed by atoms with Crippen LogP contribution in [0.5, 0.6) is 5.75 Å². The molecule has 4 nitrogen and oxygen atoms in total. The van der Waals surface area contributed by atoms with Gasteiger partial charge in [-0.2, -0.15) is 0 Å². The van der Waals surface area contributed by atoms with Crippen molar-refractivity contribution in [2.24, 2.45) is 0 Å². The van der Waals surface area contributed by atoms with Crippen LogP contribution in [0.3, 0.4) is 0 Å². The van der Waals surface area contributed by atoms with E-state index in [0.29, 0.717) is 28.1 Å².